The molecule has 0 saturated heterocycles. The van der Waals surface area contributed by atoms with Gasteiger partial charge in [-0.3, -0.25) is 4.79 Å². The van der Waals surface area contributed by atoms with Crippen molar-refractivity contribution in [2.24, 2.45) is 0 Å². The SMILES string of the molecule is COc1cc(SC)ccc1C=Cc1n[nH]c(=O)cc1C. The Balaban J connectivity index is 2.33. The Morgan fingerprint density at radius 2 is 2.10 bits per heavy atom. The summed E-state index contributed by atoms with van der Waals surface area (Å²) in [5, 5.41) is 6.45. The van der Waals surface area contributed by atoms with Crippen LogP contribution in [0.3, 0.4) is 0 Å². The van der Waals surface area contributed by atoms with Crippen molar-refractivity contribution in [3.8, 4) is 5.75 Å². The van der Waals surface area contributed by atoms with Crippen molar-refractivity contribution in [3.05, 3.63) is 51.4 Å². The van der Waals surface area contributed by atoms with Gasteiger partial charge in [-0.15, -0.1) is 11.8 Å². The average Bonchev–Trinajstić information content (AvgIpc) is 2.46. The van der Waals surface area contributed by atoms with Gasteiger partial charge in [-0.2, -0.15) is 5.10 Å². The second-order valence-electron chi connectivity index (χ2n) is 4.24. The maximum absolute atomic E-state index is 11.1. The topological polar surface area (TPSA) is 55.0 Å². The predicted molar refractivity (Wildman–Crippen MR) is 83.3 cm³/mol. The predicted octanol–water partition coefficient (Wildman–Crippen LogP) is 2.98. The third-order valence-corrected chi connectivity index (χ3v) is 3.62. The van der Waals surface area contributed by atoms with Crippen LogP contribution >= 0.6 is 11.8 Å². The number of aromatic amines is 1. The molecule has 0 aliphatic carbocycles. The third-order valence-electron chi connectivity index (χ3n) is 2.90. The standard InChI is InChI=1S/C15H16N2O2S/c1-10-8-15(18)17-16-13(10)7-5-11-4-6-12(20-3)9-14(11)19-2/h4-9H,1-3H3,(H,17,18). The zero-order chi connectivity index (χ0) is 14.5. The molecule has 0 spiro atoms. The molecule has 0 atom stereocenters. The van der Waals surface area contributed by atoms with Gasteiger partial charge in [0.2, 0.25) is 0 Å². The highest BCUT2D eigenvalue weighted by Crippen LogP contribution is 2.26. The van der Waals surface area contributed by atoms with E-state index in [1.165, 1.54) is 6.07 Å². The Kier molecular flexibility index (Phi) is 4.63. The number of thioether (sulfide) groups is 1. The van der Waals surface area contributed by atoms with Crippen LogP contribution in [-0.4, -0.2) is 23.6 Å². The molecule has 5 heteroatoms. The van der Waals surface area contributed by atoms with E-state index in [4.69, 9.17) is 4.74 Å². The molecule has 0 fully saturated rings. The summed E-state index contributed by atoms with van der Waals surface area (Å²) in [4.78, 5) is 12.3. The van der Waals surface area contributed by atoms with Crippen molar-refractivity contribution >= 4 is 23.9 Å². The van der Waals surface area contributed by atoms with E-state index >= 15 is 0 Å². The zero-order valence-electron chi connectivity index (χ0n) is 11.6. The molecule has 0 amide bonds. The lowest BCUT2D eigenvalue weighted by atomic mass is 10.1. The van der Waals surface area contributed by atoms with Gasteiger partial charge < -0.3 is 4.74 Å². The first-order valence-electron chi connectivity index (χ1n) is 6.10. The molecule has 1 aromatic carbocycles. The maximum atomic E-state index is 11.1. The molecule has 0 radical (unpaired) electrons. The quantitative estimate of drug-likeness (QED) is 0.879. The van der Waals surface area contributed by atoms with E-state index < -0.39 is 0 Å². The van der Waals surface area contributed by atoms with Gasteiger partial charge in [0.15, 0.2) is 0 Å². The van der Waals surface area contributed by atoms with Crippen LogP contribution in [0.5, 0.6) is 5.75 Å². The molecule has 0 bridgehead atoms. The molecule has 0 unspecified atom stereocenters. The van der Waals surface area contributed by atoms with Crippen molar-refractivity contribution in [2.45, 2.75) is 11.8 Å². The second-order valence-corrected chi connectivity index (χ2v) is 5.12. The van der Waals surface area contributed by atoms with Gasteiger partial charge in [-0.1, -0.05) is 6.07 Å². The van der Waals surface area contributed by atoms with E-state index in [0.29, 0.717) is 0 Å². The zero-order valence-corrected chi connectivity index (χ0v) is 12.5. The van der Waals surface area contributed by atoms with Gasteiger partial charge >= 0.3 is 0 Å². The first kappa shape index (κ1) is 14.4. The van der Waals surface area contributed by atoms with Gasteiger partial charge in [0, 0.05) is 16.5 Å². The summed E-state index contributed by atoms with van der Waals surface area (Å²) in [5.41, 5.74) is 2.35. The number of aromatic nitrogens is 2. The molecule has 1 aromatic heterocycles. The Labute approximate surface area is 121 Å². The molecule has 1 heterocycles. The molecule has 0 aliphatic heterocycles. The minimum Gasteiger partial charge on any atom is -0.496 e. The number of ether oxygens (including phenoxy) is 1. The van der Waals surface area contributed by atoms with Gasteiger partial charge in [0.25, 0.3) is 5.56 Å². The lowest BCUT2D eigenvalue weighted by Crippen LogP contribution is -2.08. The van der Waals surface area contributed by atoms with Crippen LogP contribution in [0, 0.1) is 6.92 Å². The van der Waals surface area contributed by atoms with Gasteiger partial charge in [-0.25, -0.2) is 5.10 Å². The number of H-pyrrole nitrogens is 1. The fraction of sp³-hybridized carbons (Fsp3) is 0.200. The van der Waals surface area contributed by atoms with Crippen LogP contribution in [-0.2, 0) is 0 Å². The lowest BCUT2D eigenvalue weighted by molar-refractivity contribution is 0.413. The number of hydrogen-bond acceptors (Lipinski definition) is 4. The molecule has 1 N–H and O–H groups in total. The number of rotatable bonds is 4. The molecular weight excluding hydrogens is 272 g/mol. The molecule has 2 rings (SSSR count). The summed E-state index contributed by atoms with van der Waals surface area (Å²) in [6, 6.07) is 7.57. The number of hydrogen-bond donors (Lipinski definition) is 1. The van der Waals surface area contributed by atoms with Gasteiger partial charge in [0.1, 0.15) is 5.75 Å². The van der Waals surface area contributed by atoms with E-state index in [9.17, 15) is 4.79 Å². The third kappa shape index (κ3) is 3.30. The number of benzene rings is 1. The normalized spacial score (nSPS) is 10.9. The average molecular weight is 288 g/mol. The number of nitrogens with one attached hydrogen (secondary N) is 1. The highest BCUT2D eigenvalue weighted by Gasteiger charge is 2.02. The lowest BCUT2D eigenvalue weighted by Gasteiger charge is -2.06. The van der Waals surface area contributed by atoms with Crippen LogP contribution in [0.2, 0.25) is 0 Å². The Morgan fingerprint density at radius 3 is 2.75 bits per heavy atom. The number of methoxy groups -OCH3 is 1. The molecule has 4 nitrogen and oxygen atoms in total. The van der Waals surface area contributed by atoms with Crippen LogP contribution in [0.15, 0.2) is 34.0 Å². The monoisotopic (exact) mass is 288 g/mol. The minimum atomic E-state index is -0.193. The minimum absolute atomic E-state index is 0.193. The summed E-state index contributed by atoms with van der Waals surface area (Å²) in [7, 11) is 1.65. The Hall–Kier alpha value is -2.01. The van der Waals surface area contributed by atoms with Crippen molar-refractivity contribution in [3.63, 3.8) is 0 Å². The van der Waals surface area contributed by atoms with Crippen LogP contribution < -0.4 is 10.3 Å². The van der Waals surface area contributed by atoms with Crippen LogP contribution in [0.1, 0.15) is 16.8 Å². The summed E-state index contributed by atoms with van der Waals surface area (Å²) < 4.78 is 5.38. The van der Waals surface area contributed by atoms with Crippen molar-refractivity contribution in [1.82, 2.24) is 10.2 Å². The molecule has 104 valence electrons. The highest BCUT2D eigenvalue weighted by atomic mass is 32.2. The number of aryl methyl sites for hydroxylation is 1. The largest absolute Gasteiger partial charge is 0.496 e. The molecular formula is C15H16N2O2S. The second kappa shape index (κ2) is 6.43. The van der Waals surface area contributed by atoms with Crippen molar-refractivity contribution in [2.75, 3.05) is 13.4 Å². The van der Waals surface area contributed by atoms with E-state index in [1.54, 1.807) is 18.9 Å². The van der Waals surface area contributed by atoms with Gasteiger partial charge in [-0.05, 0) is 43.0 Å². The van der Waals surface area contributed by atoms with Crippen molar-refractivity contribution in [1.29, 1.82) is 0 Å². The van der Waals surface area contributed by atoms with Crippen LogP contribution in [0.4, 0.5) is 0 Å². The van der Waals surface area contributed by atoms with Gasteiger partial charge in [0.05, 0.1) is 12.8 Å². The first-order chi connectivity index (χ1) is 9.63. The van der Waals surface area contributed by atoms with E-state index in [0.717, 1.165) is 27.5 Å². The Morgan fingerprint density at radius 1 is 1.30 bits per heavy atom. The fourth-order valence-corrected chi connectivity index (χ4v) is 2.23. The summed E-state index contributed by atoms with van der Waals surface area (Å²) >= 11 is 1.67. The number of nitrogens with zero attached hydrogens (tertiary/aromatic N) is 1. The fourth-order valence-electron chi connectivity index (χ4n) is 1.80. The first-order valence-corrected chi connectivity index (χ1v) is 7.33. The Bertz CT molecular complexity index is 693. The van der Waals surface area contributed by atoms with Crippen LogP contribution in [0.25, 0.3) is 12.2 Å². The molecule has 2 aromatic rings. The summed E-state index contributed by atoms with van der Waals surface area (Å²) in [6.07, 6.45) is 5.82. The summed E-state index contributed by atoms with van der Waals surface area (Å²) in [5.74, 6) is 0.815. The van der Waals surface area contributed by atoms with E-state index in [-0.39, 0.29) is 5.56 Å². The molecule has 0 aliphatic rings. The summed E-state index contributed by atoms with van der Waals surface area (Å²) in [6.45, 7) is 1.86. The highest BCUT2D eigenvalue weighted by molar-refractivity contribution is 7.98. The molecule has 0 saturated carbocycles. The van der Waals surface area contributed by atoms with E-state index in [1.807, 2.05) is 43.5 Å². The van der Waals surface area contributed by atoms with E-state index in [2.05, 4.69) is 10.2 Å². The molecule has 20 heavy (non-hydrogen) atoms. The maximum Gasteiger partial charge on any atom is 0.264 e. The smallest absolute Gasteiger partial charge is 0.264 e. The van der Waals surface area contributed by atoms with Crippen molar-refractivity contribution < 1.29 is 4.74 Å².